The van der Waals surface area contributed by atoms with E-state index in [1.165, 1.54) is 0 Å². The van der Waals surface area contributed by atoms with Gasteiger partial charge in [0.25, 0.3) is 5.91 Å². The maximum atomic E-state index is 12.9. The molecule has 0 aromatic heterocycles. The lowest BCUT2D eigenvalue weighted by molar-refractivity contribution is -0.136. The van der Waals surface area contributed by atoms with Crippen LogP contribution < -0.4 is 15.4 Å². The van der Waals surface area contributed by atoms with Gasteiger partial charge in [0.05, 0.1) is 0 Å². The van der Waals surface area contributed by atoms with Crippen molar-refractivity contribution >= 4 is 28.9 Å². The standard InChI is InChI=1S/C38H37N3O6/c1-2-32(25-4-10-29(42)11-5-25)36(26-6-12-30(43)13-7-26)27-8-14-31(15-9-27)47-20-19-39-22-24-3-16-33-28(21-24)23-41(38(33)46)34-17-18-35(44)40-37(34)45/h3-16,21,34,39,42-43H,2,17-20,22-23H2,1H3,(H,40,44,45). The van der Waals surface area contributed by atoms with E-state index in [1.807, 2.05) is 66.7 Å². The first-order valence-electron chi connectivity index (χ1n) is 15.8. The van der Waals surface area contributed by atoms with Gasteiger partial charge in [0.15, 0.2) is 0 Å². The number of amides is 3. The van der Waals surface area contributed by atoms with Crippen molar-refractivity contribution in [1.29, 1.82) is 0 Å². The SMILES string of the molecule is CCC(=C(c1ccc(O)cc1)c1ccc(OCCNCc2ccc3c(c2)CN(C2CCC(=O)NC2=O)C3=O)cc1)c1ccc(O)cc1. The molecule has 0 saturated carbocycles. The van der Waals surface area contributed by atoms with Gasteiger partial charge in [-0.05, 0) is 94.3 Å². The highest BCUT2D eigenvalue weighted by atomic mass is 16.5. The molecule has 1 saturated heterocycles. The maximum Gasteiger partial charge on any atom is 0.255 e. The highest BCUT2D eigenvalue weighted by molar-refractivity contribution is 6.05. The number of rotatable bonds is 11. The van der Waals surface area contributed by atoms with Gasteiger partial charge in [-0.3, -0.25) is 19.7 Å². The van der Waals surface area contributed by atoms with Crippen LogP contribution in [0.4, 0.5) is 0 Å². The number of phenolic OH excluding ortho intramolecular Hbond substituents is 2. The number of hydrogen-bond acceptors (Lipinski definition) is 7. The van der Waals surface area contributed by atoms with Gasteiger partial charge in [0.2, 0.25) is 11.8 Å². The van der Waals surface area contributed by atoms with Crippen LogP contribution in [-0.4, -0.2) is 52.0 Å². The first kappa shape index (κ1) is 31.6. The Morgan fingerprint density at radius 1 is 0.872 bits per heavy atom. The van der Waals surface area contributed by atoms with Crippen molar-refractivity contribution in [2.75, 3.05) is 13.2 Å². The largest absolute Gasteiger partial charge is 0.508 e. The van der Waals surface area contributed by atoms with Gasteiger partial charge in [0.1, 0.15) is 29.9 Å². The van der Waals surface area contributed by atoms with E-state index in [0.717, 1.165) is 51.1 Å². The number of piperidine rings is 1. The van der Waals surface area contributed by atoms with Gasteiger partial charge in [0, 0.05) is 31.6 Å². The Morgan fingerprint density at radius 3 is 2.15 bits per heavy atom. The molecule has 1 fully saturated rings. The summed E-state index contributed by atoms with van der Waals surface area (Å²) in [5, 5.41) is 25.4. The van der Waals surface area contributed by atoms with Crippen LogP contribution in [-0.2, 0) is 22.7 Å². The van der Waals surface area contributed by atoms with Gasteiger partial charge in [-0.1, -0.05) is 55.5 Å². The van der Waals surface area contributed by atoms with E-state index in [0.29, 0.717) is 38.2 Å². The monoisotopic (exact) mass is 631 g/mol. The highest BCUT2D eigenvalue weighted by Gasteiger charge is 2.39. The number of phenols is 2. The molecule has 2 heterocycles. The fourth-order valence-corrected chi connectivity index (χ4v) is 6.26. The van der Waals surface area contributed by atoms with Gasteiger partial charge >= 0.3 is 0 Å². The molecule has 47 heavy (non-hydrogen) atoms. The Morgan fingerprint density at radius 2 is 1.51 bits per heavy atom. The molecule has 1 atom stereocenters. The molecule has 9 nitrogen and oxygen atoms in total. The fourth-order valence-electron chi connectivity index (χ4n) is 6.26. The zero-order valence-electron chi connectivity index (χ0n) is 26.2. The van der Waals surface area contributed by atoms with E-state index in [2.05, 4.69) is 17.6 Å². The van der Waals surface area contributed by atoms with Gasteiger partial charge < -0.3 is 25.2 Å². The van der Waals surface area contributed by atoms with Crippen LogP contribution in [0, 0.1) is 0 Å². The number of nitrogens with zero attached hydrogens (tertiary/aromatic N) is 1. The Labute approximate surface area is 273 Å². The van der Waals surface area contributed by atoms with E-state index >= 15 is 0 Å². The molecule has 1 unspecified atom stereocenters. The molecule has 4 aromatic carbocycles. The summed E-state index contributed by atoms with van der Waals surface area (Å²) in [6.07, 6.45) is 1.34. The lowest BCUT2D eigenvalue weighted by atomic mass is 9.88. The molecule has 0 spiro atoms. The normalized spacial score (nSPS) is 16.5. The molecule has 0 radical (unpaired) electrons. The average Bonchev–Trinajstić information content (AvgIpc) is 3.40. The molecular formula is C38H37N3O6. The molecule has 4 aromatic rings. The number of hydrogen-bond donors (Lipinski definition) is 4. The molecule has 9 heteroatoms. The predicted molar refractivity (Wildman–Crippen MR) is 179 cm³/mol. The number of benzene rings is 4. The molecule has 0 aliphatic carbocycles. The van der Waals surface area contributed by atoms with Crippen LogP contribution in [0.2, 0.25) is 0 Å². The van der Waals surface area contributed by atoms with Crippen molar-refractivity contribution in [3.63, 3.8) is 0 Å². The quantitative estimate of drug-likeness (QED) is 0.0992. The molecule has 2 aliphatic heterocycles. The van der Waals surface area contributed by atoms with Crippen molar-refractivity contribution in [2.24, 2.45) is 0 Å². The van der Waals surface area contributed by atoms with Gasteiger partial charge in [-0.25, -0.2) is 0 Å². The number of aromatic hydroxyl groups is 2. The summed E-state index contributed by atoms with van der Waals surface area (Å²) in [6, 6.07) is 27.4. The Kier molecular flexibility index (Phi) is 9.35. The number of ether oxygens (including phenoxy) is 1. The summed E-state index contributed by atoms with van der Waals surface area (Å²) >= 11 is 0. The summed E-state index contributed by atoms with van der Waals surface area (Å²) < 4.78 is 6.02. The summed E-state index contributed by atoms with van der Waals surface area (Å²) in [7, 11) is 0. The van der Waals surface area contributed by atoms with Crippen molar-refractivity contribution in [2.45, 2.75) is 45.3 Å². The smallest absolute Gasteiger partial charge is 0.255 e. The molecule has 4 N–H and O–H groups in total. The van der Waals surface area contributed by atoms with E-state index in [1.54, 1.807) is 29.2 Å². The van der Waals surface area contributed by atoms with Crippen LogP contribution in [0.15, 0.2) is 91.0 Å². The Bertz CT molecular complexity index is 1810. The third kappa shape index (κ3) is 7.05. The number of allylic oxidation sites excluding steroid dienone is 1. The molecule has 2 aliphatic rings. The van der Waals surface area contributed by atoms with Crippen LogP contribution >= 0.6 is 0 Å². The topological polar surface area (TPSA) is 128 Å². The highest BCUT2D eigenvalue weighted by Crippen LogP contribution is 2.36. The minimum atomic E-state index is -0.622. The molecule has 3 amide bonds. The van der Waals surface area contributed by atoms with Crippen molar-refractivity contribution in [1.82, 2.24) is 15.5 Å². The minimum absolute atomic E-state index is 0.176. The first-order valence-corrected chi connectivity index (χ1v) is 15.8. The van der Waals surface area contributed by atoms with E-state index in [4.69, 9.17) is 4.74 Å². The summed E-state index contributed by atoms with van der Waals surface area (Å²) in [4.78, 5) is 38.3. The third-order valence-corrected chi connectivity index (χ3v) is 8.63. The van der Waals surface area contributed by atoms with Gasteiger partial charge in [-0.2, -0.15) is 0 Å². The minimum Gasteiger partial charge on any atom is -0.508 e. The zero-order chi connectivity index (χ0) is 32.9. The van der Waals surface area contributed by atoms with Crippen molar-refractivity contribution < 1.29 is 29.3 Å². The number of imide groups is 1. The van der Waals surface area contributed by atoms with Crippen molar-refractivity contribution in [3.05, 3.63) is 124 Å². The molecule has 0 bridgehead atoms. The Balaban J connectivity index is 1.06. The Hall–Kier alpha value is -5.41. The van der Waals surface area contributed by atoms with Crippen LogP contribution in [0.1, 0.15) is 64.4 Å². The van der Waals surface area contributed by atoms with E-state index in [9.17, 15) is 24.6 Å². The van der Waals surface area contributed by atoms with Crippen LogP contribution in [0.5, 0.6) is 17.2 Å². The predicted octanol–water partition coefficient (Wildman–Crippen LogP) is 5.40. The average molecular weight is 632 g/mol. The van der Waals surface area contributed by atoms with E-state index in [-0.39, 0.29) is 29.7 Å². The number of nitrogens with one attached hydrogen (secondary N) is 2. The van der Waals surface area contributed by atoms with Gasteiger partial charge in [-0.15, -0.1) is 0 Å². The summed E-state index contributed by atoms with van der Waals surface area (Å²) in [5.74, 6) is 0.282. The molecular weight excluding hydrogens is 594 g/mol. The zero-order valence-corrected chi connectivity index (χ0v) is 26.2. The van der Waals surface area contributed by atoms with Crippen molar-refractivity contribution in [3.8, 4) is 17.2 Å². The van der Waals surface area contributed by atoms with Crippen LogP contribution in [0.25, 0.3) is 11.1 Å². The lowest BCUT2D eigenvalue weighted by Gasteiger charge is -2.29. The molecule has 6 rings (SSSR count). The fraction of sp³-hybridized carbons (Fsp3) is 0.237. The third-order valence-electron chi connectivity index (χ3n) is 8.63. The number of carbonyl (C=O) groups is 3. The molecule has 240 valence electrons. The number of fused-ring (bicyclic) bond motifs is 1. The lowest BCUT2D eigenvalue weighted by Crippen LogP contribution is -2.52. The second kappa shape index (κ2) is 13.9. The number of carbonyl (C=O) groups excluding carboxylic acids is 3. The first-order chi connectivity index (χ1) is 22.8. The summed E-state index contributed by atoms with van der Waals surface area (Å²) in [6.45, 7) is 4.12. The van der Waals surface area contributed by atoms with Crippen LogP contribution in [0.3, 0.4) is 0 Å². The second-order valence-electron chi connectivity index (χ2n) is 11.7. The van der Waals surface area contributed by atoms with E-state index < -0.39 is 11.9 Å². The maximum absolute atomic E-state index is 12.9. The summed E-state index contributed by atoms with van der Waals surface area (Å²) in [5.41, 5.74) is 7.68. The second-order valence-corrected chi connectivity index (χ2v) is 11.7.